The Balaban J connectivity index is 1.96. The van der Waals surface area contributed by atoms with E-state index in [-0.39, 0.29) is 11.8 Å². The summed E-state index contributed by atoms with van der Waals surface area (Å²) in [6.07, 6.45) is 1.68. The fourth-order valence-electron chi connectivity index (χ4n) is 2.63. The van der Waals surface area contributed by atoms with E-state index in [0.29, 0.717) is 22.6 Å². The second-order valence-corrected chi connectivity index (χ2v) is 6.08. The molecule has 0 spiro atoms. The molecule has 0 unspecified atom stereocenters. The highest BCUT2D eigenvalue weighted by Gasteiger charge is 2.18. The van der Waals surface area contributed by atoms with Gasteiger partial charge >= 0.3 is 5.97 Å². The lowest BCUT2D eigenvalue weighted by Gasteiger charge is -2.11. The number of ether oxygens (including phenoxy) is 2. The van der Waals surface area contributed by atoms with Gasteiger partial charge in [-0.1, -0.05) is 0 Å². The molecule has 7 heteroatoms. The Morgan fingerprint density at radius 2 is 2.04 bits per heavy atom. The minimum absolute atomic E-state index is 0.167. The molecule has 0 saturated heterocycles. The lowest BCUT2D eigenvalue weighted by molar-refractivity contribution is 0.0728. The van der Waals surface area contributed by atoms with Crippen LogP contribution in [0.4, 0.5) is 0 Å². The number of nitriles is 1. The predicted octanol–water partition coefficient (Wildman–Crippen LogP) is 3.42. The normalized spacial score (nSPS) is 10.8. The van der Waals surface area contributed by atoms with E-state index in [1.807, 2.05) is 19.9 Å². The van der Waals surface area contributed by atoms with Gasteiger partial charge in [0.2, 0.25) is 0 Å². The van der Waals surface area contributed by atoms with Crippen LogP contribution in [0.25, 0.3) is 11.0 Å². The van der Waals surface area contributed by atoms with Crippen LogP contribution in [0.3, 0.4) is 0 Å². The molecular weight excluding hydrogens is 332 g/mol. The Hall–Kier alpha value is -3.40. The van der Waals surface area contributed by atoms with E-state index < -0.39 is 5.97 Å². The minimum atomic E-state index is -0.544. The van der Waals surface area contributed by atoms with E-state index in [1.54, 1.807) is 29.9 Å². The van der Waals surface area contributed by atoms with Gasteiger partial charge in [0.25, 0.3) is 0 Å². The van der Waals surface area contributed by atoms with Crippen LogP contribution in [0.2, 0.25) is 0 Å². The molecule has 0 aliphatic rings. The summed E-state index contributed by atoms with van der Waals surface area (Å²) in [4.78, 5) is 17.1. The summed E-state index contributed by atoms with van der Waals surface area (Å²) in [5.41, 5.74) is 2.05. The quantitative estimate of drug-likeness (QED) is 0.529. The zero-order valence-corrected chi connectivity index (χ0v) is 15.0. The Morgan fingerprint density at radius 1 is 1.27 bits per heavy atom. The zero-order chi connectivity index (χ0) is 18.8. The van der Waals surface area contributed by atoms with Crippen LogP contribution in [0.1, 0.15) is 41.5 Å². The number of hydrogen-bond acceptors (Lipinski definition) is 6. The summed E-state index contributed by atoms with van der Waals surface area (Å²) < 4.78 is 12.5. The van der Waals surface area contributed by atoms with Crippen molar-refractivity contribution in [3.05, 3.63) is 47.3 Å². The number of carbonyl (C=O) groups excluding carboxylic acids is 1. The molecule has 3 aromatic rings. The number of aryl methyl sites for hydroxylation is 1. The van der Waals surface area contributed by atoms with E-state index in [2.05, 4.69) is 10.1 Å². The molecular formula is C19H18N4O3. The highest BCUT2D eigenvalue weighted by atomic mass is 16.6. The van der Waals surface area contributed by atoms with Gasteiger partial charge in [-0.05, 0) is 39.0 Å². The van der Waals surface area contributed by atoms with Crippen molar-refractivity contribution in [3.63, 3.8) is 0 Å². The Labute approximate surface area is 150 Å². The first-order chi connectivity index (χ1) is 12.4. The van der Waals surface area contributed by atoms with E-state index in [9.17, 15) is 4.79 Å². The third-order valence-corrected chi connectivity index (χ3v) is 3.96. The van der Waals surface area contributed by atoms with Crippen molar-refractivity contribution in [2.75, 3.05) is 7.11 Å². The molecule has 7 nitrogen and oxygen atoms in total. The number of aromatic nitrogens is 3. The van der Waals surface area contributed by atoms with Crippen LogP contribution in [0.15, 0.2) is 30.5 Å². The highest BCUT2D eigenvalue weighted by molar-refractivity contribution is 5.96. The molecule has 0 fully saturated rings. The standard InChI is InChI=1S/C19H18N4O3/c1-11(2)23-18-14(10-21-23)8-15(12(3)22-18)19(24)26-16-6-5-13(9-20)7-17(16)25-4/h5-8,10-11H,1-4H3. The first-order valence-electron chi connectivity index (χ1n) is 8.09. The average Bonchev–Trinajstić information content (AvgIpc) is 3.04. The lowest BCUT2D eigenvalue weighted by Crippen LogP contribution is -2.12. The number of pyridine rings is 1. The van der Waals surface area contributed by atoms with Crippen LogP contribution < -0.4 is 9.47 Å². The molecule has 3 rings (SSSR count). The molecule has 0 radical (unpaired) electrons. The van der Waals surface area contributed by atoms with E-state index in [4.69, 9.17) is 14.7 Å². The van der Waals surface area contributed by atoms with Crippen molar-refractivity contribution >= 4 is 17.0 Å². The first-order valence-corrected chi connectivity index (χ1v) is 8.09. The van der Waals surface area contributed by atoms with Crippen LogP contribution in [0.5, 0.6) is 11.5 Å². The smallest absolute Gasteiger partial charge is 0.345 e. The third-order valence-electron chi connectivity index (χ3n) is 3.96. The van der Waals surface area contributed by atoms with E-state index >= 15 is 0 Å². The van der Waals surface area contributed by atoms with Gasteiger partial charge in [-0.3, -0.25) is 0 Å². The first kappa shape index (κ1) is 17.4. The molecule has 0 amide bonds. The molecule has 0 aliphatic heterocycles. The molecule has 1 aromatic carbocycles. The highest BCUT2D eigenvalue weighted by Crippen LogP contribution is 2.29. The number of carbonyl (C=O) groups is 1. The number of methoxy groups -OCH3 is 1. The zero-order valence-electron chi connectivity index (χ0n) is 15.0. The summed E-state index contributed by atoms with van der Waals surface area (Å²) >= 11 is 0. The molecule has 2 heterocycles. The van der Waals surface area contributed by atoms with Crippen LogP contribution in [-0.2, 0) is 0 Å². The summed E-state index contributed by atoms with van der Waals surface area (Å²) in [6, 6.07) is 8.52. The van der Waals surface area contributed by atoms with Gasteiger partial charge < -0.3 is 9.47 Å². The van der Waals surface area contributed by atoms with Gasteiger partial charge in [-0.15, -0.1) is 0 Å². The number of hydrogen-bond donors (Lipinski definition) is 0. The maximum Gasteiger partial charge on any atom is 0.345 e. The van der Waals surface area contributed by atoms with Gasteiger partial charge in [-0.25, -0.2) is 14.5 Å². The molecule has 2 aromatic heterocycles. The number of fused-ring (bicyclic) bond motifs is 1. The predicted molar refractivity (Wildman–Crippen MR) is 95.3 cm³/mol. The molecule has 0 N–H and O–H groups in total. The maximum absolute atomic E-state index is 12.6. The fraction of sp³-hybridized carbons (Fsp3) is 0.263. The molecule has 0 atom stereocenters. The summed E-state index contributed by atoms with van der Waals surface area (Å²) in [6.45, 7) is 5.79. The minimum Gasteiger partial charge on any atom is -0.493 e. The number of esters is 1. The Bertz CT molecular complexity index is 1030. The Kier molecular flexibility index (Phi) is 4.59. The van der Waals surface area contributed by atoms with Gasteiger partial charge in [0.15, 0.2) is 17.1 Å². The van der Waals surface area contributed by atoms with E-state index in [1.165, 1.54) is 19.2 Å². The lowest BCUT2D eigenvalue weighted by atomic mass is 10.1. The van der Waals surface area contributed by atoms with Gasteiger partial charge in [0.05, 0.1) is 36.2 Å². The molecule has 0 bridgehead atoms. The maximum atomic E-state index is 12.6. The average molecular weight is 350 g/mol. The largest absolute Gasteiger partial charge is 0.493 e. The summed E-state index contributed by atoms with van der Waals surface area (Å²) in [5, 5.41) is 14.0. The SMILES string of the molecule is COc1cc(C#N)ccc1OC(=O)c1cc2cnn(C(C)C)c2nc1C. The molecule has 26 heavy (non-hydrogen) atoms. The second-order valence-electron chi connectivity index (χ2n) is 6.08. The van der Waals surface area contributed by atoms with Crippen molar-refractivity contribution < 1.29 is 14.3 Å². The molecule has 132 valence electrons. The fourth-order valence-corrected chi connectivity index (χ4v) is 2.63. The Morgan fingerprint density at radius 3 is 2.69 bits per heavy atom. The number of rotatable bonds is 4. The summed E-state index contributed by atoms with van der Waals surface area (Å²) in [5.74, 6) is 0.0165. The monoisotopic (exact) mass is 350 g/mol. The van der Waals surface area contributed by atoms with Crippen molar-refractivity contribution in [2.24, 2.45) is 0 Å². The van der Waals surface area contributed by atoms with Gasteiger partial charge in [0.1, 0.15) is 0 Å². The van der Waals surface area contributed by atoms with E-state index in [0.717, 1.165) is 11.0 Å². The molecule has 0 aliphatic carbocycles. The van der Waals surface area contributed by atoms with Crippen molar-refractivity contribution in [2.45, 2.75) is 26.8 Å². The third kappa shape index (κ3) is 3.09. The van der Waals surface area contributed by atoms with Gasteiger partial charge in [-0.2, -0.15) is 10.4 Å². The van der Waals surface area contributed by atoms with Crippen molar-refractivity contribution in [3.8, 4) is 17.6 Å². The second kappa shape index (κ2) is 6.84. The van der Waals surface area contributed by atoms with Crippen molar-refractivity contribution in [1.29, 1.82) is 5.26 Å². The van der Waals surface area contributed by atoms with Gasteiger partial charge in [0, 0.05) is 17.5 Å². The van der Waals surface area contributed by atoms with Crippen LogP contribution >= 0.6 is 0 Å². The topological polar surface area (TPSA) is 90.0 Å². The molecule has 0 saturated carbocycles. The number of benzene rings is 1. The van der Waals surface area contributed by atoms with Crippen LogP contribution in [0, 0.1) is 18.3 Å². The summed E-state index contributed by atoms with van der Waals surface area (Å²) in [7, 11) is 1.45. The van der Waals surface area contributed by atoms with Crippen molar-refractivity contribution in [1.82, 2.24) is 14.8 Å². The van der Waals surface area contributed by atoms with Crippen LogP contribution in [-0.4, -0.2) is 27.8 Å². The number of nitrogens with zero attached hydrogens (tertiary/aromatic N) is 4.